The molecule has 3 unspecified atom stereocenters. The number of fused-ring (bicyclic) bond motifs is 9. The molecular weight excluding hydrogens is 771 g/mol. The van der Waals surface area contributed by atoms with Crippen molar-refractivity contribution in [2.75, 3.05) is 4.90 Å². The van der Waals surface area contributed by atoms with Crippen LogP contribution in [-0.2, 0) is 0 Å². The maximum atomic E-state index is 7.14. The van der Waals surface area contributed by atoms with Gasteiger partial charge < -0.3 is 9.64 Å². The average Bonchev–Trinajstić information content (AvgIpc) is 4.02. The molecule has 0 radical (unpaired) electrons. The van der Waals surface area contributed by atoms with Gasteiger partial charge in [0.05, 0.1) is 11.0 Å². The number of nitrogens with zero attached hydrogens (tertiary/aromatic N) is 5. The number of hydrogen-bond acceptors (Lipinski definition) is 5. The molecule has 2 aliphatic heterocycles. The lowest BCUT2D eigenvalue weighted by Crippen LogP contribution is -2.27. The number of anilines is 1. The lowest BCUT2D eigenvalue weighted by atomic mass is 9.79. The van der Waals surface area contributed by atoms with Crippen molar-refractivity contribution < 1.29 is 4.74 Å². The molecule has 9 aromatic rings. The zero-order valence-electron chi connectivity index (χ0n) is 34.2. The third kappa shape index (κ3) is 5.68. The van der Waals surface area contributed by atoms with E-state index in [0.717, 1.165) is 67.5 Å². The van der Waals surface area contributed by atoms with Gasteiger partial charge in [-0.25, -0.2) is 4.98 Å². The first-order valence-electron chi connectivity index (χ1n) is 21.7. The van der Waals surface area contributed by atoms with E-state index >= 15 is 0 Å². The molecule has 13 rings (SSSR count). The summed E-state index contributed by atoms with van der Waals surface area (Å²) >= 11 is 0. The van der Waals surface area contributed by atoms with Crippen LogP contribution in [0.5, 0.6) is 5.75 Å². The maximum Gasteiger partial charge on any atom is 0.238 e. The zero-order valence-corrected chi connectivity index (χ0v) is 34.2. The molecule has 7 aromatic carbocycles. The van der Waals surface area contributed by atoms with Crippen LogP contribution >= 0.6 is 0 Å². The largest absolute Gasteiger partial charge is 0.485 e. The van der Waals surface area contributed by atoms with Crippen LogP contribution in [0.4, 0.5) is 5.69 Å². The molecule has 0 saturated carbocycles. The van der Waals surface area contributed by atoms with Gasteiger partial charge in [-0.05, 0) is 71.2 Å². The van der Waals surface area contributed by atoms with Crippen molar-refractivity contribution in [1.29, 1.82) is 0 Å². The van der Waals surface area contributed by atoms with Gasteiger partial charge in [-0.15, -0.1) is 0 Å². The van der Waals surface area contributed by atoms with Crippen LogP contribution in [0, 0.1) is 5.92 Å². The summed E-state index contributed by atoms with van der Waals surface area (Å²) in [6.45, 7) is 0. The number of ether oxygens (including phenoxy) is 1. The fourth-order valence-electron chi connectivity index (χ4n) is 10.3. The summed E-state index contributed by atoms with van der Waals surface area (Å²) in [4.78, 5) is 18.4. The van der Waals surface area contributed by atoms with Gasteiger partial charge in [0.15, 0.2) is 11.6 Å². The van der Waals surface area contributed by atoms with Crippen molar-refractivity contribution >= 4 is 27.5 Å². The Balaban J connectivity index is 0.948. The van der Waals surface area contributed by atoms with Crippen molar-refractivity contribution in [1.82, 2.24) is 19.5 Å². The topological polar surface area (TPSA) is 56.1 Å². The van der Waals surface area contributed by atoms with Gasteiger partial charge >= 0.3 is 0 Å². The molecule has 0 saturated heterocycles. The summed E-state index contributed by atoms with van der Waals surface area (Å²) in [5.74, 6) is 2.84. The van der Waals surface area contributed by atoms with Gasteiger partial charge in [-0.1, -0.05) is 164 Å². The molecule has 2 aliphatic carbocycles. The summed E-state index contributed by atoms with van der Waals surface area (Å²) in [6.07, 6.45) is 12.2. The monoisotopic (exact) mass is 809 g/mol. The highest BCUT2D eigenvalue weighted by Crippen LogP contribution is 2.56. The van der Waals surface area contributed by atoms with Crippen LogP contribution in [0.3, 0.4) is 0 Å². The number of rotatable bonds is 6. The molecule has 6 heteroatoms. The first-order valence-corrected chi connectivity index (χ1v) is 21.7. The number of aromatic nitrogens is 4. The number of benzene rings is 7. The summed E-state index contributed by atoms with van der Waals surface area (Å²) in [5.41, 5.74) is 14.7. The first-order chi connectivity index (χ1) is 31.2. The van der Waals surface area contributed by atoms with E-state index < -0.39 is 0 Å². The van der Waals surface area contributed by atoms with Crippen LogP contribution < -0.4 is 9.64 Å². The summed E-state index contributed by atoms with van der Waals surface area (Å²) in [5, 5.41) is 2.31. The van der Waals surface area contributed by atoms with E-state index in [9.17, 15) is 0 Å². The quantitative estimate of drug-likeness (QED) is 0.167. The summed E-state index contributed by atoms with van der Waals surface area (Å²) < 4.78 is 9.32. The van der Waals surface area contributed by atoms with E-state index in [-0.39, 0.29) is 17.9 Å². The van der Waals surface area contributed by atoms with E-state index in [1.165, 1.54) is 28.1 Å². The SMILES string of the molecule is C1=CCC2C(=C1)N(c1cccc(-c3ccccc3)c1)C1=C2C2Oc3cccc(-c4nc(-c5ccc(-c6ccccc6)cc5)nc(-n5c6ccccc6c6ccccc65)n4)c3C2C=C1. The third-order valence-corrected chi connectivity index (χ3v) is 13.2. The van der Waals surface area contributed by atoms with Crippen LogP contribution in [-0.4, -0.2) is 25.6 Å². The van der Waals surface area contributed by atoms with E-state index in [1.807, 2.05) is 6.07 Å². The van der Waals surface area contributed by atoms with Crippen molar-refractivity contribution in [2.24, 2.45) is 5.92 Å². The van der Waals surface area contributed by atoms with Crippen molar-refractivity contribution in [3.8, 4) is 56.7 Å². The molecule has 0 fully saturated rings. The van der Waals surface area contributed by atoms with Crippen molar-refractivity contribution in [3.63, 3.8) is 0 Å². The normalized spacial score (nSPS) is 18.3. The molecule has 0 spiro atoms. The minimum absolute atomic E-state index is 0.0280. The molecule has 4 aliphatic rings. The molecule has 0 amide bonds. The Morgan fingerprint density at radius 3 is 1.95 bits per heavy atom. The Hall–Kier alpha value is -8.09. The van der Waals surface area contributed by atoms with Gasteiger partial charge in [0.25, 0.3) is 0 Å². The van der Waals surface area contributed by atoms with E-state index in [4.69, 9.17) is 19.7 Å². The lowest BCUT2D eigenvalue weighted by molar-refractivity contribution is 0.244. The minimum atomic E-state index is -0.174. The molecule has 3 atom stereocenters. The first kappa shape index (κ1) is 35.6. The Labute approximate surface area is 365 Å². The fourth-order valence-corrected chi connectivity index (χ4v) is 10.3. The van der Waals surface area contributed by atoms with Gasteiger partial charge in [-0.3, -0.25) is 4.57 Å². The Morgan fingerprint density at radius 2 is 1.19 bits per heavy atom. The molecular formula is C57H39N5O. The maximum absolute atomic E-state index is 7.14. The van der Waals surface area contributed by atoms with E-state index in [1.54, 1.807) is 0 Å². The van der Waals surface area contributed by atoms with Gasteiger partial charge in [0.2, 0.25) is 5.95 Å². The predicted octanol–water partition coefficient (Wildman–Crippen LogP) is 13.3. The van der Waals surface area contributed by atoms with Crippen LogP contribution in [0.1, 0.15) is 17.9 Å². The number of hydrogen-bond donors (Lipinski definition) is 0. The molecule has 2 aromatic heterocycles. The van der Waals surface area contributed by atoms with E-state index in [0.29, 0.717) is 17.6 Å². The Morgan fingerprint density at radius 1 is 0.556 bits per heavy atom. The fraction of sp³-hybridized carbons (Fsp3) is 0.0702. The summed E-state index contributed by atoms with van der Waals surface area (Å²) in [6, 6.07) is 61.8. The predicted molar refractivity (Wildman–Crippen MR) is 253 cm³/mol. The highest BCUT2D eigenvalue weighted by Gasteiger charge is 2.48. The third-order valence-electron chi connectivity index (χ3n) is 13.2. The minimum Gasteiger partial charge on any atom is -0.485 e. The van der Waals surface area contributed by atoms with Gasteiger partial charge in [-0.2, -0.15) is 9.97 Å². The number of allylic oxidation sites excluding steroid dienone is 5. The van der Waals surface area contributed by atoms with Crippen molar-refractivity contribution in [2.45, 2.75) is 18.4 Å². The van der Waals surface area contributed by atoms with Crippen molar-refractivity contribution in [3.05, 3.63) is 229 Å². The van der Waals surface area contributed by atoms with E-state index in [2.05, 4.69) is 210 Å². The second-order valence-electron chi connectivity index (χ2n) is 16.6. The Bertz CT molecular complexity index is 3360. The molecule has 4 heterocycles. The zero-order chi connectivity index (χ0) is 41.4. The second-order valence-corrected chi connectivity index (χ2v) is 16.6. The molecule has 0 bridgehead atoms. The lowest BCUT2D eigenvalue weighted by Gasteiger charge is -2.27. The molecule has 6 nitrogen and oxygen atoms in total. The highest BCUT2D eigenvalue weighted by molar-refractivity contribution is 6.09. The highest BCUT2D eigenvalue weighted by atomic mass is 16.5. The van der Waals surface area contributed by atoms with Crippen LogP contribution in [0.25, 0.3) is 72.8 Å². The summed E-state index contributed by atoms with van der Waals surface area (Å²) in [7, 11) is 0. The van der Waals surface area contributed by atoms with Crippen LogP contribution in [0.2, 0.25) is 0 Å². The standard InChI is InChI=1S/C57H39N5O/c1-3-15-36(16-4-1)38-29-31-39(32-30-38)55-58-56(60-57(59-55)62-47-25-10-7-21-42(47)43-22-8-11-26-48(43)62)46-24-14-28-51-52(46)45-33-34-50-53(54(45)63-51)44-23-9-12-27-49(44)61(50)41-20-13-19-40(35-41)37-17-5-2-6-18-37/h1-22,24-35,44-45,54H,23H2. The average molecular weight is 810 g/mol. The molecule has 0 N–H and O–H groups in total. The number of para-hydroxylation sites is 2. The van der Waals surface area contributed by atoms with Gasteiger partial charge in [0, 0.05) is 62.0 Å². The molecule has 298 valence electrons. The molecule has 63 heavy (non-hydrogen) atoms. The Kier molecular flexibility index (Phi) is 8.06. The smallest absolute Gasteiger partial charge is 0.238 e. The second kappa shape index (κ2) is 14.3. The van der Waals surface area contributed by atoms with Crippen LogP contribution in [0.15, 0.2) is 223 Å². The van der Waals surface area contributed by atoms with Gasteiger partial charge in [0.1, 0.15) is 11.9 Å².